The summed E-state index contributed by atoms with van der Waals surface area (Å²) in [5, 5.41) is 7.38. The first kappa shape index (κ1) is 46.4. The van der Waals surface area contributed by atoms with Gasteiger partial charge in [-0.05, 0) is 11.8 Å². The second-order valence-corrected chi connectivity index (χ2v) is 13.0. The summed E-state index contributed by atoms with van der Waals surface area (Å²) in [7, 11) is 0. The third kappa shape index (κ3) is 12.9. The van der Waals surface area contributed by atoms with Gasteiger partial charge in [-0.3, -0.25) is 0 Å². The van der Waals surface area contributed by atoms with E-state index < -0.39 is 0 Å². The molecule has 6 aromatic carbocycles. The molecular formula is C42H46Cl4SiZr-4. The molecule has 0 saturated carbocycles. The molecule has 0 unspecified atom stereocenters. The van der Waals surface area contributed by atoms with E-state index in [-0.39, 0.29) is 24.8 Å². The molecule has 254 valence electrons. The summed E-state index contributed by atoms with van der Waals surface area (Å²) in [4.78, 5) is 0. The summed E-state index contributed by atoms with van der Waals surface area (Å²) in [5.41, 5.74) is 11.5. The van der Waals surface area contributed by atoms with Gasteiger partial charge in [-0.25, -0.2) is 0 Å². The molecular weight excluding hydrogens is 766 g/mol. The molecule has 0 bridgehead atoms. The predicted molar refractivity (Wildman–Crippen MR) is 202 cm³/mol. The van der Waals surface area contributed by atoms with Gasteiger partial charge in [-0.2, -0.15) is 71.8 Å². The zero-order valence-corrected chi connectivity index (χ0v) is 36.2. The summed E-state index contributed by atoms with van der Waals surface area (Å²) < 4.78 is 0. The molecule has 0 nitrogen and oxygen atoms in total. The molecule has 0 aliphatic rings. The van der Waals surface area contributed by atoms with Crippen molar-refractivity contribution in [1.29, 1.82) is 0 Å². The van der Waals surface area contributed by atoms with E-state index in [1.165, 1.54) is 89.4 Å². The van der Waals surface area contributed by atoms with Crippen molar-refractivity contribution in [3.63, 3.8) is 0 Å². The molecule has 0 aliphatic heterocycles. The van der Waals surface area contributed by atoms with E-state index in [0.717, 1.165) is 10.0 Å². The van der Waals surface area contributed by atoms with Crippen molar-refractivity contribution in [2.24, 2.45) is 0 Å². The third-order valence-corrected chi connectivity index (χ3v) is 8.75. The van der Waals surface area contributed by atoms with E-state index in [1.54, 1.807) is 48.5 Å². The van der Waals surface area contributed by atoms with Crippen molar-refractivity contribution in [2.75, 3.05) is 0 Å². The molecule has 0 aliphatic carbocycles. The van der Waals surface area contributed by atoms with Crippen LogP contribution in [0.3, 0.4) is 0 Å². The van der Waals surface area contributed by atoms with Crippen molar-refractivity contribution < 1.29 is 48.1 Å². The molecule has 6 heteroatoms. The molecule has 0 heterocycles. The van der Waals surface area contributed by atoms with Gasteiger partial charge in [0, 0.05) is 0 Å². The zero-order chi connectivity index (χ0) is 34.6. The van der Waals surface area contributed by atoms with Crippen molar-refractivity contribution in [2.45, 2.75) is 81.1 Å². The summed E-state index contributed by atoms with van der Waals surface area (Å²) >= 11 is 12.4. The van der Waals surface area contributed by atoms with Crippen molar-refractivity contribution >= 4 is 51.6 Å². The minimum absolute atomic E-state index is 0. The van der Waals surface area contributed by atoms with Gasteiger partial charge in [-0.15, -0.1) is 91.3 Å². The quantitative estimate of drug-likeness (QED) is 0.129. The van der Waals surface area contributed by atoms with Crippen LogP contribution in [-0.2, 0) is 23.3 Å². The summed E-state index contributed by atoms with van der Waals surface area (Å²) in [5.74, 6) is 1.21. The van der Waals surface area contributed by atoms with Gasteiger partial charge in [0.25, 0.3) is 0 Å². The number of benzene rings is 4. The molecule has 0 amide bonds. The van der Waals surface area contributed by atoms with Crippen molar-refractivity contribution in [3.05, 3.63) is 152 Å². The first-order valence-electron chi connectivity index (χ1n) is 15.6. The van der Waals surface area contributed by atoms with Crippen LogP contribution in [0.25, 0.3) is 21.5 Å². The number of fused-ring (bicyclic) bond motifs is 2. The average molecular weight is 812 g/mol. The summed E-state index contributed by atoms with van der Waals surface area (Å²) in [6.45, 7) is 25.4. The zero-order valence-electron chi connectivity index (χ0n) is 29.7. The van der Waals surface area contributed by atoms with Crippen LogP contribution in [0.5, 0.6) is 0 Å². The molecule has 0 N–H and O–H groups in total. The molecule has 0 atom stereocenters. The maximum absolute atomic E-state index is 5.52. The van der Waals surface area contributed by atoms with Crippen molar-refractivity contribution in [1.82, 2.24) is 0 Å². The molecule has 6 rings (SSSR count). The van der Waals surface area contributed by atoms with Gasteiger partial charge in [0.1, 0.15) is 0 Å². The summed E-state index contributed by atoms with van der Waals surface area (Å²) in [6.07, 6.45) is 0. The molecule has 0 spiro atoms. The van der Waals surface area contributed by atoms with Gasteiger partial charge in [0.05, 0.1) is 0 Å². The van der Waals surface area contributed by atoms with Crippen LogP contribution in [0.4, 0.5) is 0 Å². The Morgan fingerprint density at radius 2 is 0.833 bits per heavy atom. The Kier molecular flexibility index (Phi) is 22.2. The van der Waals surface area contributed by atoms with E-state index >= 15 is 0 Å². The number of halogens is 4. The Hall–Kier alpha value is -1.64. The van der Waals surface area contributed by atoms with Crippen LogP contribution in [0.15, 0.2) is 84.9 Å². The van der Waals surface area contributed by atoms with Crippen LogP contribution >= 0.6 is 23.2 Å². The van der Waals surface area contributed by atoms with Gasteiger partial charge >= 0.3 is 30.2 Å². The Morgan fingerprint density at radius 3 is 1.06 bits per heavy atom. The third-order valence-electron chi connectivity index (χ3n) is 8.25. The fourth-order valence-electron chi connectivity index (χ4n) is 5.43. The van der Waals surface area contributed by atoms with E-state index in [0.29, 0.717) is 11.8 Å². The average Bonchev–Trinajstić information content (AvgIpc) is 3.51. The fraction of sp³-hybridized carbons (Fsp3) is 0.286. The second-order valence-electron chi connectivity index (χ2n) is 12.2. The standard InChI is InChI=1S/2C15H19.2C6H4Cl.2ClH.Si.Zr/c2*1-9(2)13-7-6-10(3)14-8-11(4)12(5)15(13)14;2*7-6-4-2-1-3-5-6;;;;/h2*6-9H,1-5H3;2*2-5H;2*1H;;/q4*-1;;;;+2/p-2. The van der Waals surface area contributed by atoms with Gasteiger partial charge in [-0.1, -0.05) is 103 Å². The van der Waals surface area contributed by atoms with E-state index in [4.69, 9.17) is 23.2 Å². The Labute approximate surface area is 329 Å². The molecule has 6 aromatic rings. The Bertz CT molecular complexity index is 1670. The molecule has 48 heavy (non-hydrogen) atoms. The molecule has 0 aromatic heterocycles. The predicted octanol–water partition coefficient (Wildman–Crippen LogP) is 7.12. The van der Waals surface area contributed by atoms with Gasteiger partial charge < -0.3 is 24.8 Å². The van der Waals surface area contributed by atoms with Crippen molar-refractivity contribution in [3.8, 4) is 0 Å². The second kappa shape index (κ2) is 23.0. The van der Waals surface area contributed by atoms with Crippen LogP contribution in [0, 0.1) is 53.7 Å². The Balaban J connectivity index is 0.000000626. The fourth-order valence-corrected chi connectivity index (χ4v) is 5.68. The molecule has 0 saturated heterocycles. The van der Waals surface area contributed by atoms with Crippen LogP contribution in [-0.4, -0.2) is 6.88 Å². The number of hydrogen-bond acceptors (Lipinski definition) is 0. The normalized spacial score (nSPS) is 9.92. The monoisotopic (exact) mass is 808 g/mol. The first-order valence-corrected chi connectivity index (χ1v) is 20.6. The Morgan fingerprint density at radius 1 is 0.542 bits per heavy atom. The van der Waals surface area contributed by atoms with Crippen LogP contribution in [0.2, 0.25) is 10.0 Å². The molecule has 0 fully saturated rings. The summed E-state index contributed by atoms with van der Waals surface area (Å²) in [6, 6.07) is 33.7. The van der Waals surface area contributed by atoms with Crippen LogP contribution < -0.4 is 24.8 Å². The number of hydrogen-bond donors (Lipinski definition) is 0. The van der Waals surface area contributed by atoms with Gasteiger partial charge in [0.2, 0.25) is 0 Å². The number of rotatable bonds is 2. The minimum atomic E-state index is 0. The SMILES string of the molecule is Cc1[cH-]c2c(C)ccc(C(C)C)c2c1C.Cc1[cH-]c2c(C)ccc(C(C)C)c2c1C.Clc1cc[c-]cc1.Clc1cc[c-]cc1.[Cl-].[Cl-].[Si]=[Zr+2]. The van der Waals surface area contributed by atoms with Gasteiger partial charge in [0.15, 0.2) is 0 Å². The topological polar surface area (TPSA) is 0 Å². The van der Waals surface area contributed by atoms with E-state index in [2.05, 4.69) is 125 Å². The molecule has 2 radical (unpaired) electrons. The first-order chi connectivity index (χ1) is 21.8. The van der Waals surface area contributed by atoms with E-state index in [1.807, 2.05) is 0 Å². The maximum atomic E-state index is 5.52. The van der Waals surface area contributed by atoms with Crippen LogP contribution in [0.1, 0.15) is 84.0 Å². The van der Waals surface area contributed by atoms with E-state index in [9.17, 15) is 0 Å². The number of aryl methyl sites for hydroxylation is 6.